The van der Waals surface area contributed by atoms with Crippen molar-refractivity contribution in [3.63, 3.8) is 0 Å². The van der Waals surface area contributed by atoms with Crippen LogP contribution < -0.4 is 0 Å². The third kappa shape index (κ3) is 1.60. The number of pyridine rings is 1. The molecule has 1 N–H and O–H groups in total. The lowest BCUT2D eigenvalue weighted by atomic mass is 10.0. The van der Waals surface area contributed by atoms with Gasteiger partial charge in [-0.25, -0.2) is 4.98 Å². The maximum absolute atomic E-state index is 4.57. The predicted molar refractivity (Wildman–Crippen MR) is 77.1 cm³/mol. The lowest BCUT2D eigenvalue weighted by Gasteiger charge is -2.04. The Labute approximate surface area is 107 Å². The van der Waals surface area contributed by atoms with Crippen LogP contribution >= 0.6 is 0 Å². The molecular weight excluding hydrogens is 220 g/mol. The number of H-pyrrole nitrogens is 1. The predicted octanol–water partition coefficient (Wildman–Crippen LogP) is 4.40. The molecule has 0 aliphatic heterocycles. The zero-order valence-electron chi connectivity index (χ0n) is 11.1. The van der Waals surface area contributed by atoms with Crippen molar-refractivity contribution in [2.75, 3.05) is 0 Å². The van der Waals surface area contributed by atoms with Gasteiger partial charge in [-0.05, 0) is 29.4 Å². The first kappa shape index (κ1) is 11.3. The fourth-order valence-corrected chi connectivity index (χ4v) is 2.52. The van der Waals surface area contributed by atoms with Crippen LogP contribution in [0.4, 0.5) is 0 Å². The first-order valence-electron chi connectivity index (χ1n) is 6.60. The van der Waals surface area contributed by atoms with E-state index in [0.29, 0.717) is 5.92 Å². The molecule has 0 spiro atoms. The van der Waals surface area contributed by atoms with Crippen molar-refractivity contribution in [2.45, 2.75) is 33.1 Å². The maximum atomic E-state index is 4.57. The van der Waals surface area contributed by atoms with Gasteiger partial charge in [0.2, 0.25) is 0 Å². The molecule has 1 aromatic carbocycles. The van der Waals surface area contributed by atoms with Crippen LogP contribution in [0.5, 0.6) is 0 Å². The number of fused-ring (bicyclic) bond motifs is 3. The number of benzene rings is 1. The summed E-state index contributed by atoms with van der Waals surface area (Å²) in [5, 5.41) is 3.83. The summed E-state index contributed by atoms with van der Waals surface area (Å²) >= 11 is 0. The summed E-state index contributed by atoms with van der Waals surface area (Å²) in [7, 11) is 0. The lowest BCUT2D eigenvalue weighted by molar-refractivity contribution is 0.835. The number of hydrogen-bond acceptors (Lipinski definition) is 1. The van der Waals surface area contributed by atoms with Crippen LogP contribution in [-0.4, -0.2) is 9.97 Å². The normalized spacial score (nSPS) is 11.8. The minimum absolute atomic E-state index is 0.503. The van der Waals surface area contributed by atoms with E-state index < -0.39 is 0 Å². The van der Waals surface area contributed by atoms with E-state index in [4.69, 9.17) is 0 Å². The Morgan fingerprint density at radius 3 is 2.72 bits per heavy atom. The highest BCUT2D eigenvalue weighted by Gasteiger charge is 2.09. The molecule has 3 rings (SSSR count). The number of aromatic amines is 1. The Morgan fingerprint density at radius 1 is 1.17 bits per heavy atom. The van der Waals surface area contributed by atoms with Crippen LogP contribution in [0, 0.1) is 0 Å². The van der Waals surface area contributed by atoms with Gasteiger partial charge in [-0.3, -0.25) is 0 Å². The SMILES string of the molecule is CCc1cccc2c1cnc1[nH]c(C(C)C)cc12. The topological polar surface area (TPSA) is 28.7 Å². The lowest BCUT2D eigenvalue weighted by Crippen LogP contribution is -1.86. The zero-order chi connectivity index (χ0) is 12.7. The van der Waals surface area contributed by atoms with Crippen molar-refractivity contribution >= 4 is 21.8 Å². The number of hydrogen-bond donors (Lipinski definition) is 1. The van der Waals surface area contributed by atoms with E-state index >= 15 is 0 Å². The highest BCUT2D eigenvalue weighted by atomic mass is 14.9. The van der Waals surface area contributed by atoms with E-state index in [1.54, 1.807) is 0 Å². The molecule has 2 heterocycles. The highest BCUT2D eigenvalue weighted by molar-refractivity contribution is 6.05. The second kappa shape index (κ2) is 4.13. The van der Waals surface area contributed by atoms with Crippen molar-refractivity contribution in [3.05, 3.63) is 41.7 Å². The summed E-state index contributed by atoms with van der Waals surface area (Å²) in [4.78, 5) is 7.98. The summed E-state index contributed by atoms with van der Waals surface area (Å²) in [6.45, 7) is 6.59. The van der Waals surface area contributed by atoms with Gasteiger partial charge in [0.25, 0.3) is 0 Å². The monoisotopic (exact) mass is 238 g/mol. The van der Waals surface area contributed by atoms with Crippen LogP contribution in [0.25, 0.3) is 21.8 Å². The molecular formula is C16H18N2. The van der Waals surface area contributed by atoms with Gasteiger partial charge in [-0.1, -0.05) is 39.0 Å². The van der Waals surface area contributed by atoms with E-state index in [1.165, 1.54) is 27.4 Å². The third-order valence-electron chi connectivity index (χ3n) is 3.63. The second-order valence-corrected chi connectivity index (χ2v) is 5.13. The van der Waals surface area contributed by atoms with Gasteiger partial charge >= 0.3 is 0 Å². The molecule has 92 valence electrons. The van der Waals surface area contributed by atoms with E-state index in [0.717, 1.165) is 12.1 Å². The number of nitrogens with one attached hydrogen (secondary N) is 1. The number of rotatable bonds is 2. The first-order valence-corrected chi connectivity index (χ1v) is 6.60. The average Bonchev–Trinajstić information content (AvgIpc) is 2.82. The fraction of sp³-hybridized carbons (Fsp3) is 0.312. The van der Waals surface area contributed by atoms with Gasteiger partial charge < -0.3 is 4.98 Å². The van der Waals surface area contributed by atoms with Gasteiger partial charge in [0.1, 0.15) is 5.65 Å². The standard InChI is InChI=1S/C16H18N2/c1-4-11-6-5-7-12-13-8-15(10(2)3)18-16(13)17-9-14(11)12/h5-10H,4H2,1-3H3,(H,17,18). The Balaban J connectivity index is 2.38. The van der Waals surface area contributed by atoms with Crippen molar-refractivity contribution in [1.82, 2.24) is 9.97 Å². The molecule has 0 amide bonds. The Kier molecular flexibility index (Phi) is 2.58. The molecule has 2 heteroatoms. The Morgan fingerprint density at radius 2 is 2.00 bits per heavy atom. The summed E-state index contributed by atoms with van der Waals surface area (Å²) in [6.07, 6.45) is 3.04. The molecule has 18 heavy (non-hydrogen) atoms. The molecule has 0 saturated carbocycles. The molecule has 0 fully saturated rings. The summed E-state index contributed by atoms with van der Waals surface area (Å²) in [5.74, 6) is 0.503. The van der Waals surface area contributed by atoms with Crippen LogP contribution in [0.3, 0.4) is 0 Å². The molecule has 0 aliphatic rings. The summed E-state index contributed by atoms with van der Waals surface area (Å²) < 4.78 is 0. The van der Waals surface area contributed by atoms with Crippen molar-refractivity contribution in [3.8, 4) is 0 Å². The molecule has 0 bridgehead atoms. The molecule has 0 atom stereocenters. The van der Waals surface area contributed by atoms with Gasteiger partial charge in [0.15, 0.2) is 0 Å². The Bertz CT molecular complexity index is 708. The van der Waals surface area contributed by atoms with Crippen molar-refractivity contribution < 1.29 is 0 Å². The van der Waals surface area contributed by atoms with Gasteiger partial charge in [-0.15, -0.1) is 0 Å². The maximum Gasteiger partial charge on any atom is 0.138 e. The minimum Gasteiger partial charge on any atom is -0.343 e. The number of aromatic nitrogens is 2. The zero-order valence-corrected chi connectivity index (χ0v) is 11.1. The summed E-state index contributed by atoms with van der Waals surface area (Å²) in [6, 6.07) is 8.76. The number of nitrogens with zero attached hydrogens (tertiary/aromatic N) is 1. The van der Waals surface area contributed by atoms with E-state index in [2.05, 4.69) is 55.0 Å². The molecule has 3 aromatic rings. The first-order chi connectivity index (χ1) is 8.70. The quantitative estimate of drug-likeness (QED) is 0.704. The van der Waals surface area contributed by atoms with E-state index in [1.807, 2.05) is 6.20 Å². The molecule has 0 aliphatic carbocycles. The smallest absolute Gasteiger partial charge is 0.138 e. The van der Waals surface area contributed by atoms with Crippen LogP contribution in [-0.2, 0) is 6.42 Å². The highest BCUT2D eigenvalue weighted by Crippen LogP contribution is 2.28. The van der Waals surface area contributed by atoms with Gasteiger partial charge in [0, 0.05) is 22.7 Å². The van der Waals surface area contributed by atoms with Gasteiger partial charge in [0.05, 0.1) is 0 Å². The van der Waals surface area contributed by atoms with E-state index in [9.17, 15) is 0 Å². The molecule has 0 radical (unpaired) electrons. The van der Waals surface area contributed by atoms with Gasteiger partial charge in [-0.2, -0.15) is 0 Å². The fourth-order valence-electron chi connectivity index (χ4n) is 2.52. The number of aryl methyl sites for hydroxylation is 1. The van der Waals surface area contributed by atoms with E-state index in [-0.39, 0.29) is 0 Å². The average molecular weight is 238 g/mol. The van der Waals surface area contributed by atoms with Crippen LogP contribution in [0.1, 0.15) is 37.9 Å². The van der Waals surface area contributed by atoms with Crippen molar-refractivity contribution in [2.24, 2.45) is 0 Å². The minimum atomic E-state index is 0.503. The Hall–Kier alpha value is -1.83. The van der Waals surface area contributed by atoms with Crippen LogP contribution in [0.15, 0.2) is 30.5 Å². The molecule has 0 unspecified atom stereocenters. The summed E-state index contributed by atoms with van der Waals surface area (Å²) in [5.41, 5.74) is 3.63. The van der Waals surface area contributed by atoms with Crippen molar-refractivity contribution in [1.29, 1.82) is 0 Å². The molecule has 2 aromatic heterocycles. The molecule has 2 nitrogen and oxygen atoms in total. The largest absolute Gasteiger partial charge is 0.343 e. The van der Waals surface area contributed by atoms with Crippen LogP contribution in [0.2, 0.25) is 0 Å². The third-order valence-corrected chi connectivity index (χ3v) is 3.63. The second-order valence-electron chi connectivity index (χ2n) is 5.13. The molecule has 0 saturated heterocycles.